The number of hydrogen-bond acceptors (Lipinski definition) is 2. The Morgan fingerprint density at radius 3 is 2.80 bits per heavy atom. The fraction of sp³-hybridized carbons (Fsp3) is 0.591. The number of imidazole rings is 1. The Kier molecular flexibility index (Phi) is 4.93. The first kappa shape index (κ1) is 16.8. The third kappa shape index (κ3) is 3.27. The molecule has 0 radical (unpaired) electrons. The predicted molar refractivity (Wildman–Crippen MR) is 102 cm³/mol. The van der Waals surface area contributed by atoms with E-state index in [1.54, 1.807) is 0 Å². The van der Waals surface area contributed by atoms with Gasteiger partial charge in [0.25, 0.3) is 0 Å². The Balaban J connectivity index is 1.61. The molecule has 1 aliphatic heterocycles. The average Bonchev–Trinajstić information content (AvgIpc) is 3.24. The number of benzene rings is 1. The van der Waals surface area contributed by atoms with Crippen molar-refractivity contribution < 1.29 is 4.74 Å². The third-order valence-corrected chi connectivity index (χ3v) is 6.21. The summed E-state index contributed by atoms with van der Waals surface area (Å²) in [6.07, 6.45) is 13.6. The first-order chi connectivity index (χ1) is 12.3. The molecule has 0 spiro atoms. The summed E-state index contributed by atoms with van der Waals surface area (Å²) >= 11 is 0. The highest BCUT2D eigenvalue weighted by Gasteiger charge is 2.34. The van der Waals surface area contributed by atoms with Crippen molar-refractivity contribution >= 4 is 0 Å². The molecule has 1 fully saturated rings. The van der Waals surface area contributed by atoms with E-state index in [4.69, 9.17) is 4.74 Å². The van der Waals surface area contributed by atoms with Crippen LogP contribution >= 0.6 is 0 Å². The molecule has 2 heterocycles. The maximum atomic E-state index is 6.57. The van der Waals surface area contributed by atoms with Crippen LogP contribution in [0.2, 0.25) is 0 Å². The van der Waals surface area contributed by atoms with Gasteiger partial charge in [0, 0.05) is 5.56 Å². The molecule has 1 aliphatic carbocycles. The lowest BCUT2D eigenvalue weighted by molar-refractivity contribution is -0.0525. The van der Waals surface area contributed by atoms with Gasteiger partial charge in [0.2, 0.25) is 0 Å². The number of nitrogens with zero attached hydrogens (tertiary/aromatic N) is 2. The molecule has 0 N–H and O–H groups in total. The van der Waals surface area contributed by atoms with E-state index in [-0.39, 0.29) is 0 Å². The lowest BCUT2D eigenvalue weighted by Gasteiger charge is -2.34. The summed E-state index contributed by atoms with van der Waals surface area (Å²) in [5, 5.41) is 0. The summed E-state index contributed by atoms with van der Waals surface area (Å²) in [5.41, 5.74) is 4.04. The zero-order chi connectivity index (χ0) is 17.2. The van der Waals surface area contributed by atoms with Crippen molar-refractivity contribution in [2.75, 3.05) is 0 Å². The van der Waals surface area contributed by atoms with Gasteiger partial charge in [-0.1, -0.05) is 50.5 Å². The van der Waals surface area contributed by atoms with E-state index in [9.17, 15) is 0 Å². The summed E-state index contributed by atoms with van der Waals surface area (Å²) in [5.74, 6) is 0.711. The van der Waals surface area contributed by atoms with Crippen LogP contribution in [-0.2, 0) is 4.74 Å². The van der Waals surface area contributed by atoms with Crippen LogP contribution in [-0.4, -0.2) is 21.8 Å². The van der Waals surface area contributed by atoms with Gasteiger partial charge < -0.3 is 9.30 Å². The largest absolute Gasteiger partial charge is 0.375 e. The Morgan fingerprint density at radius 2 is 2.00 bits per heavy atom. The van der Waals surface area contributed by atoms with Crippen LogP contribution in [0, 0.1) is 5.92 Å². The van der Waals surface area contributed by atoms with Gasteiger partial charge in [-0.15, -0.1) is 0 Å². The summed E-state index contributed by atoms with van der Waals surface area (Å²) in [7, 11) is 0. The SMILES string of the molecule is CCC(C)OC(CC1c2ccccc2-c2cncn21)C1CCCCC1. The molecule has 134 valence electrons. The Hall–Kier alpha value is -1.61. The van der Waals surface area contributed by atoms with Crippen molar-refractivity contribution in [1.29, 1.82) is 0 Å². The van der Waals surface area contributed by atoms with E-state index in [0.717, 1.165) is 12.8 Å². The minimum Gasteiger partial charge on any atom is -0.375 e. The van der Waals surface area contributed by atoms with Crippen LogP contribution in [0.1, 0.15) is 70.4 Å². The van der Waals surface area contributed by atoms with Crippen molar-refractivity contribution in [2.24, 2.45) is 5.92 Å². The molecule has 0 bridgehead atoms. The minimum atomic E-state index is 0.339. The van der Waals surface area contributed by atoms with E-state index in [0.29, 0.717) is 24.2 Å². The second-order valence-electron chi connectivity index (χ2n) is 7.82. The van der Waals surface area contributed by atoms with E-state index < -0.39 is 0 Å². The van der Waals surface area contributed by atoms with Crippen molar-refractivity contribution in [3.05, 3.63) is 42.4 Å². The van der Waals surface area contributed by atoms with Crippen LogP contribution in [0.5, 0.6) is 0 Å². The molecule has 3 unspecified atom stereocenters. The van der Waals surface area contributed by atoms with E-state index in [1.165, 1.54) is 48.9 Å². The fourth-order valence-corrected chi connectivity index (χ4v) is 4.65. The van der Waals surface area contributed by atoms with E-state index in [1.807, 2.05) is 12.5 Å². The molecule has 1 aromatic carbocycles. The Bertz CT molecular complexity index is 702. The maximum Gasteiger partial charge on any atom is 0.0956 e. The quantitative estimate of drug-likeness (QED) is 0.685. The number of fused-ring (bicyclic) bond motifs is 3. The van der Waals surface area contributed by atoms with E-state index >= 15 is 0 Å². The molecule has 2 aliphatic rings. The molecule has 3 nitrogen and oxygen atoms in total. The minimum absolute atomic E-state index is 0.339. The van der Waals surface area contributed by atoms with E-state index in [2.05, 4.69) is 47.7 Å². The Labute approximate surface area is 151 Å². The lowest BCUT2D eigenvalue weighted by Crippen LogP contribution is -2.32. The van der Waals surface area contributed by atoms with Crippen molar-refractivity contribution in [2.45, 2.75) is 77.0 Å². The number of rotatable bonds is 6. The van der Waals surface area contributed by atoms with Crippen LogP contribution in [0.25, 0.3) is 11.3 Å². The molecule has 2 aromatic rings. The maximum absolute atomic E-state index is 6.57. The molecule has 25 heavy (non-hydrogen) atoms. The number of hydrogen-bond donors (Lipinski definition) is 0. The van der Waals surface area contributed by atoms with Gasteiger partial charge in [0.1, 0.15) is 0 Å². The second kappa shape index (κ2) is 7.33. The lowest BCUT2D eigenvalue weighted by atomic mass is 9.82. The summed E-state index contributed by atoms with van der Waals surface area (Å²) in [6.45, 7) is 4.45. The first-order valence-electron chi connectivity index (χ1n) is 10.0. The van der Waals surface area contributed by atoms with Gasteiger partial charge >= 0.3 is 0 Å². The highest BCUT2D eigenvalue weighted by atomic mass is 16.5. The molecule has 1 saturated carbocycles. The van der Waals surface area contributed by atoms with Gasteiger partial charge in [-0.05, 0) is 44.1 Å². The Morgan fingerprint density at radius 1 is 1.20 bits per heavy atom. The van der Waals surface area contributed by atoms with Gasteiger partial charge in [0.15, 0.2) is 0 Å². The van der Waals surface area contributed by atoms with Crippen molar-refractivity contribution in [1.82, 2.24) is 9.55 Å². The second-order valence-corrected chi connectivity index (χ2v) is 7.82. The fourth-order valence-electron chi connectivity index (χ4n) is 4.65. The summed E-state index contributed by atoms with van der Waals surface area (Å²) in [4.78, 5) is 4.41. The summed E-state index contributed by atoms with van der Waals surface area (Å²) in [6, 6.07) is 9.18. The molecule has 0 amide bonds. The van der Waals surface area contributed by atoms with Crippen LogP contribution < -0.4 is 0 Å². The van der Waals surface area contributed by atoms with Crippen molar-refractivity contribution in [3.63, 3.8) is 0 Å². The standard InChI is InChI=1S/C22H30N2O/c1-3-16(2)25-22(17-9-5-4-6-10-17)13-20-18-11-7-8-12-19(18)21-14-23-15-24(20)21/h7-8,11-12,14-17,20,22H,3-6,9-10,13H2,1-2H3. The van der Waals surface area contributed by atoms with Crippen LogP contribution in [0.3, 0.4) is 0 Å². The first-order valence-corrected chi connectivity index (χ1v) is 10.0. The number of aromatic nitrogens is 2. The van der Waals surface area contributed by atoms with Gasteiger partial charge in [-0.25, -0.2) is 4.98 Å². The topological polar surface area (TPSA) is 27.1 Å². The van der Waals surface area contributed by atoms with Crippen molar-refractivity contribution in [3.8, 4) is 11.3 Å². The normalized spacial score (nSPS) is 22.4. The molecule has 3 atom stereocenters. The zero-order valence-corrected chi connectivity index (χ0v) is 15.5. The molecular formula is C22H30N2O. The molecule has 0 saturated heterocycles. The smallest absolute Gasteiger partial charge is 0.0956 e. The summed E-state index contributed by atoms with van der Waals surface area (Å²) < 4.78 is 8.94. The van der Waals surface area contributed by atoms with Gasteiger partial charge in [-0.2, -0.15) is 0 Å². The third-order valence-electron chi connectivity index (χ3n) is 6.21. The molecule has 1 aromatic heterocycles. The molecular weight excluding hydrogens is 308 g/mol. The van der Waals surface area contributed by atoms with Gasteiger partial charge in [0.05, 0.1) is 36.5 Å². The van der Waals surface area contributed by atoms with Crippen LogP contribution in [0.15, 0.2) is 36.8 Å². The van der Waals surface area contributed by atoms with Gasteiger partial charge in [-0.3, -0.25) is 0 Å². The average molecular weight is 338 g/mol. The highest BCUT2D eigenvalue weighted by molar-refractivity contribution is 5.68. The monoisotopic (exact) mass is 338 g/mol. The zero-order valence-electron chi connectivity index (χ0n) is 15.5. The molecule has 4 rings (SSSR count). The number of ether oxygens (including phenoxy) is 1. The van der Waals surface area contributed by atoms with Crippen LogP contribution in [0.4, 0.5) is 0 Å². The predicted octanol–water partition coefficient (Wildman–Crippen LogP) is 5.61. The highest BCUT2D eigenvalue weighted by Crippen LogP contribution is 2.43. The molecule has 3 heteroatoms.